The van der Waals surface area contributed by atoms with E-state index in [1.807, 2.05) is 0 Å². The normalized spacial score (nSPS) is 17.7. The Kier molecular flexibility index (Phi) is 7.67. The summed E-state index contributed by atoms with van der Waals surface area (Å²) in [5.41, 5.74) is 5.72. The monoisotopic (exact) mass is 297 g/mol. The Morgan fingerprint density at radius 2 is 1.71 bits per heavy atom. The van der Waals surface area contributed by atoms with Gasteiger partial charge in [0, 0.05) is 26.2 Å². The molecule has 0 aromatic rings. The third-order valence-corrected chi connectivity index (χ3v) is 4.86. The van der Waals surface area contributed by atoms with E-state index in [0.29, 0.717) is 18.4 Å². The first-order chi connectivity index (χ1) is 9.99. The highest BCUT2D eigenvalue weighted by Crippen LogP contribution is 2.38. The van der Waals surface area contributed by atoms with E-state index in [1.165, 1.54) is 0 Å². The maximum atomic E-state index is 13.1. The lowest BCUT2D eigenvalue weighted by atomic mass is 9.84. The molecule has 0 saturated heterocycles. The molecule has 1 aliphatic rings. The molecule has 0 aromatic heterocycles. The quantitative estimate of drug-likeness (QED) is 0.710. The smallest absolute Gasteiger partial charge is 0.230 e. The Bertz CT molecular complexity index is 307. The summed E-state index contributed by atoms with van der Waals surface area (Å²) in [6.45, 7) is 14.0. The number of carbonyl (C=O) groups excluding carboxylic acids is 1. The Labute approximate surface area is 131 Å². The van der Waals surface area contributed by atoms with Crippen molar-refractivity contribution in [3.05, 3.63) is 0 Å². The highest BCUT2D eigenvalue weighted by atomic mass is 16.2. The van der Waals surface area contributed by atoms with Gasteiger partial charge in [-0.3, -0.25) is 4.79 Å². The van der Waals surface area contributed by atoms with Gasteiger partial charge in [0.05, 0.1) is 5.41 Å². The second kappa shape index (κ2) is 8.74. The average molecular weight is 297 g/mol. The number of hydrogen-bond acceptors (Lipinski definition) is 3. The van der Waals surface area contributed by atoms with E-state index < -0.39 is 0 Å². The number of likely N-dealkylation sites (N-methyl/N-ethyl adjacent to an activating group) is 1. The summed E-state index contributed by atoms with van der Waals surface area (Å²) < 4.78 is 0. The lowest BCUT2D eigenvalue weighted by Gasteiger charge is -2.35. The van der Waals surface area contributed by atoms with Gasteiger partial charge in [0.15, 0.2) is 0 Å². The van der Waals surface area contributed by atoms with Crippen LogP contribution in [0, 0.1) is 11.3 Å². The minimum Gasteiger partial charge on any atom is -0.341 e. The molecule has 1 rings (SSSR count). The molecule has 0 atom stereocenters. The van der Waals surface area contributed by atoms with Crippen molar-refractivity contribution >= 4 is 5.91 Å². The molecular formula is C17H35N3O. The molecule has 0 aromatic carbocycles. The Morgan fingerprint density at radius 1 is 1.14 bits per heavy atom. The van der Waals surface area contributed by atoms with Gasteiger partial charge in [-0.1, -0.05) is 40.5 Å². The van der Waals surface area contributed by atoms with Crippen molar-refractivity contribution in [1.82, 2.24) is 9.80 Å². The van der Waals surface area contributed by atoms with Crippen LogP contribution in [-0.4, -0.2) is 55.0 Å². The standard InChI is InChI=1S/C17H35N3O/c1-5-19(6-2)11-12-20(13-15(3)4)16(21)17(14-18)9-7-8-10-17/h15H,5-14,18H2,1-4H3. The van der Waals surface area contributed by atoms with Crippen LogP contribution in [0.25, 0.3) is 0 Å². The zero-order valence-electron chi connectivity index (χ0n) is 14.5. The van der Waals surface area contributed by atoms with E-state index in [4.69, 9.17) is 5.73 Å². The van der Waals surface area contributed by atoms with E-state index in [9.17, 15) is 4.79 Å². The number of hydrogen-bond donors (Lipinski definition) is 1. The summed E-state index contributed by atoms with van der Waals surface area (Å²) in [5, 5.41) is 0. The predicted molar refractivity (Wildman–Crippen MR) is 89.2 cm³/mol. The van der Waals surface area contributed by atoms with E-state index in [2.05, 4.69) is 37.5 Å². The second-order valence-corrected chi connectivity index (χ2v) is 6.86. The molecule has 1 aliphatic carbocycles. The molecule has 4 heteroatoms. The second-order valence-electron chi connectivity index (χ2n) is 6.86. The van der Waals surface area contributed by atoms with Crippen LogP contribution in [0.1, 0.15) is 53.4 Å². The average Bonchev–Trinajstić information content (AvgIpc) is 2.96. The highest BCUT2D eigenvalue weighted by Gasteiger charge is 2.42. The summed E-state index contributed by atoms with van der Waals surface area (Å²) in [7, 11) is 0. The molecule has 124 valence electrons. The highest BCUT2D eigenvalue weighted by molar-refractivity contribution is 5.83. The third-order valence-electron chi connectivity index (χ3n) is 4.86. The van der Waals surface area contributed by atoms with Crippen LogP contribution in [0.4, 0.5) is 0 Å². The van der Waals surface area contributed by atoms with Crippen molar-refractivity contribution in [3.8, 4) is 0 Å². The van der Waals surface area contributed by atoms with Gasteiger partial charge < -0.3 is 15.5 Å². The van der Waals surface area contributed by atoms with E-state index in [0.717, 1.165) is 58.4 Å². The molecule has 0 bridgehead atoms. The van der Waals surface area contributed by atoms with E-state index in [1.54, 1.807) is 0 Å². The van der Waals surface area contributed by atoms with E-state index in [-0.39, 0.29) is 5.41 Å². The first kappa shape index (κ1) is 18.4. The fourth-order valence-corrected chi connectivity index (χ4v) is 3.41. The molecule has 0 spiro atoms. The lowest BCUT2D eigenvalue weighted by Crippen LogP contribution is -2.50. The Balaban J connectivity index is 2.73. The molecule has 0 radical (unpaired) electrons. The first-order valence-electron chi connectivity index (χ1n) is 8.70. The largest absolute Gasteiger partial charge is 0.341 e. The van der Waals surface area contributed by atoms with Crippen LogP contribution in [0.5, 0.6) is 0 Å². The van der Waals surface area contributed by atoms with Crippen LogP contribution in [0.2, 0.25) is 0 Å². The zero-order valence-corrected chi connectivity index (χ0v) is 14.5. The molecule has 0 unspecified atom stereocenters. The summed E-state index contributed by atoms with van der Waals surface area (Å²) in [6.07, 6.45) is 4.24. The number of nitrogens with two attached hydrogens (primary N) is 1. The summed E-state index contributed by atoms with van der Waals surface area (Å²) in [5.74, 6) is 0.810. The van der Waals surface area contributed by atoms with Crippen LogP contribution >= 0.6 is 0 Å². The Hall–Kier alpha value is -0.610. The van der Waals surface area contributed by atoms with Crippen LogP contribution < -0.4 is 5.73 Å². The summed E-state index contributed by atoms with van der Waals surface area (Å²) in [6, 6.07) is 0. The summed E-state index contributed by atoms with van der Waals surface area (Å²) >= 11 is 0. The summed E-state index contributed by atoms with van der Waals surface area (Å²) in [4.78, 5) is 17.5. The van der Waals surface area contributed by atoms with Gasteiger partial charge in [0.25, 0.3) is 0 Å². The molecule has 0 aliphatic heterocycles. The molecule has 1 amide bonds. The number of amides is 1. The van der Waals surface area contributed by atoms with Crippen LogP contribution in [0.15, 0.2) is 0 Å². The maximum Gasteiger partial charge on any atom is 0.230 e. The van der Waals surface area contributed by atoms with Crippen molar-refractivity contribution in [3.63, 3.8) is 0 Å². The topological polar surface area (TPSA) is 49.6 Å². The maximum absolute atomic E-state index is 13.1. The molecule has 2 N–H and O–H groups in total. The van der Waals surface area contributed by atoms with Crippen molar-refractivity contribution < 1.29 is 4.79 Å². The molecule has 4 nitrogen and oxygen atoms in total. The van der Waals surface area contributed by atoms with Gasteiger partial charge in [-0.25, -0.2) is 0 Å². The fraction of sp³-hybridized carbons (Fsp3) is 0.941. The van der Waals surface area contributed by atoms with Gasteiger partial charge in [0.1, 0.15) is 0 Å². The zero-order chi connectivity index (χ0) is 15.9. The molecule has 21 heavy (non-hydrogen) atoms. The SMILES string of the molecule is CCN(CC)CCN(CC(C)C)C(=O)C1(CN)CCCC1. The van der Waals surface area contributed by atoms with Crippen molar-refractivity contribution in [2.45, 2.75) is 53.4 Å². The van der Waals surface area contributed by atoms with Gasteiger partial charge in [-0.2, -0.15) is 0 Å². The van der Waals surface area contributed by atoms with Crippen LogP contribution in [0.3, 0.4) is 0 Å². The van der Waals surface area contributed by atoms with Gasteiger partial charge in [-0.15, -0.1) is 0 Å². The Morgan fingerprint density at radius 3 is 2.14 bits per heavy atom. The van der Waals surface area contributed by atoms with E-state index >= 15 is 0 Å². The van der Waals surface area contributed by atoms with Crippen LogP contribution in [-0.2, 0) is 4.79 Å². The lowest BCUT2D eigenvalue weighted by molar-refractivity contribution is -0.142. The number of carbonyl (C=O) groups is 1. The van der Waals surface area contributed by atoms with Gasteiger partial charge in [0.2, 0.25) is 5.91 Å². The molecular weight excluding hydrogens is 262 g/mol. The molecule has 1 fully saturated rings. The number of nitrogens with zero attached hydrogens (tertiary/aromatic N) is 2. The minimum absolute atomic E-state index is 0.266. The van der Waals surface area contributed by atoms with Crippen molar-refractivity contribution in [2.24, 2.45) is 17.1 Å². The van der Waals surface area contributed by atoms with Gasteiger partial charge >= 0.3 is 0 Å². The van der Waals surface area contributed by atoms with Crippen molar-refractivity contribution in [1.29, 1.82) is 0 Å². The molecule has 0 heterocycles. The van der Waals surface area contributed by atoms with Gasteiger partial charge in [-0.05, 0) is 31.8 Å². The third kappa shape index (κ3) is 4.96. The minimum atomic E-state index is -0.266. The fourth-order valence-electron chi connectivity index (χ4n) is 3.41. The number of rotatable bonds is 9. The van der Waals surface area contributed by atoms with Crippen molar-refractivity contribution in [2.75, 3.05) is 39.3 Å². The predicted octanol–water partition coefficient (Wildman–Crippen LogP) is 2.33. The first-order valence-corrected chi connectivity index (χ1v) is 8.70. The molecule has 1 saturated carbocycles.